The average Bonchev–Trinajstić information content (AvgIpc) is 2.92. The van der Waals surface area contributed by atoms with E-state index >= 15 is 0 Å². The SMILES string of the molecule is O=C(NCCOc1ccc(F)cc1)c1ccc(CN(c2ccccc2)S(=O)(=O)c2ccccc2)cc1. The van der Waals surface area contributed by atoms with E-state index < -0.39 is 10.0 Å². The van der Waals surface area contributed by atoms with Crippen LogP contribution in [0.3, 0.4) is 0 Å². The van der Waals surface area contributed by atoms with Crippen LogP contribution in [0.5, 0.6) is 5.75 Å². The smallest absolute Gasteiger partial charge is 0.264 e. The molecule has 0 saturated carbocycles. The molecule has 0 fully saturated rings. The molecule has 8 heteroatoms. The summed E-state index contributed by atoms with van der Waals surface area (Å²) in [5.41, 5.74) is 1.72. The highest BCUT2D eigenvalue weighted by molar-refractivity contribution is 7.92. The van der Waals surface area contributed by atoms with Crippen molar-refractivity contribution < 1.29 is 22.3 Å². The van der Waals surface area contributed by atoms with Gasteiger partial charge in [0.05, 0.1) is 23.7 Å². The Morgan fingerprint density at radius 2 is 1.42 bits per heavy atom. The summed E-state index contributed by atoms with van der Waals surface area (Å²) >= 11 is 0. The quantitative estimate of drug-likeness (QED) is 0.308. The van der Waals surface area contributed by atoms with E-state index in [0.717, 1.165) is 5.56 Å². The zero-order valence-corrected chi connectivity index (χ0v) is 20.2. The number of carbonyl (C=O) groups is 1. The highest BCUT2D eigenvalue weighted by Crippen LogP contribution is 2.25. The van der Waals surface area contributed by atoms with Gasteiger partial charge in [0.2, 0.25) is 0 Å². The molecule has 0 bridgehead atoms. The van der Waals surface area contributed by atoms with Crippen molar-refractivity contribution in [3.05, 3.63) is 126 Å². The Labute approximate surface area is 210 Å². The molecule has 4 rings (SSSR count). The lowest BCUT2D eigenvalue weighted by atomic mass is 10.1. The van der Waals surface area contributed by atoms with Gasteiger partial charge >= 0.3 is 0 Å². The fourth-order valence-electron chi connectivity index (χ4n) is 3.52. The number of hydrogen-bond donors (Lipinski definition) is 1. The second kappa shape index (κ2) is 11.5. The lowest BCUT2D eigenvalue weighted by Crippen LogP contribution is -2.30. The Balaban J connectivity index is 1.41. The number of para-hydroxylation sites is 1. The van der Waals surface area contributed by atoms with Crippen molar-refractivity contribution in [1.82, 2.24) is 5.32 Å². The van der Waals surface area contributed by atoms with Crippen molar-refractivity contribution in [3.8, 4) is 5.75 Å². The van der Waals surface area contributed by atoms with Gasteiger partial charge in [0.1, 0.15) is 18.2 Å². The average molecular weight is 505 g/mol. The van der Waals surface area contributed by atoms with E-state index in [0.29, 0.717) is 17.0 Å². The fraction of sp³-hybridized carbons (Fsp3) is 0.107. The van der Waals surface area contributed by atoms with Crippen LogP contribution in [-0.4, -0.2) is 27.5 Å². The lowest BCUT2D eigenvalue weighted by molar-refractivity contribution is 0.0947. The van der Waals surface area contributed by atoms with Gasteiger partial charge in [-0.1, -0.05) is 48.5 Å². The number of nitrogens with one attached hydrogen (secondary N) is 1. The molecule has 0 unspecified atom stereocenters. The van der Waals surface area contributed by atoms with Crippen molar-refractivity contribution in [1.29, 1.82) is 0 Å². The zero-order chi connectivity index (χ0) is 25.4. The summed E-state index contributed by atoms with van der Waals surface area (Å²) in [6.45, 7) is 0.614. The van der Waals surface area contributed by atoms with Gasteiger partial charge in [0.25, 0.3) is 15.9 Å². The first-order chi connectivity index (χ1) is 17.4. The number of benzene rings is 4. The summed E-state index contributed by atoms with van der Waals surface area (Å²) in [7, 11) is -3.80. The maximum absolute atomic E-state index is 13.4. The normalized spacial score (nSPS) is 11.0. The van der Waals surface area contributed by atoms with E-state index in [1.807, 2.05) is 6.07 Å². The molecule has 4 aromatic carbocycles. The lowest BCUT2D eigenvalue weighted by Gasteiger charge is -2.25. The van der Waals surface area contributed by atoms with Crippen LogP contribution in [-0.2, 0) is 16.6 Å². The van der Waals surface area contributed by atoms with Crippen LogP contribution in [0.2, 0.25) is 0 Å². The molecule has 184 valence electrons. The summed E-state index contributed by atoms with van der Waals surface area (Å²) in [5, 5.41) is 2.77. The second-order valence-electron chi connectivity index (χ2n) is 7.92. The Morgan fingerprint density at radius 3 is 2.06 bits per heavy atom. The molecule has 0 aromatic heterocycles. The Hall–Kier alpha value is -4.17. The Bertz CT molecular complexity index is 1380. The molecule has 1 N–H and O–H groups in total. The van der Waals surface area contributed by atoms with Gasteiger partial charge in [-0.3, -0.25) is 9.10 Å². The summed E-state index contributed by atoms with van der Waals surface area (Å²) in [4.78, 5) is 12.7. The number of amides is 1. The highest BCUT2D eigenvalue weighted by Gasteiger charge is 2.25. The van der Waals surface area contributed by atoms with E-state index in [9.17, 15) is 17.6 Å². The largest absolute Gasteiger partial charge is 0.492 e. The molecule has 0 aliphatic heterocycles. The van der Waals surface area contributed by atoms with E-state index in [2.05, 4.69) is 5.32 Å². The van der Waals surface area contributed by atoms with E-state index in [1.54, 1.807) is 78.9 Å². The molecule has 0 atom stereocenters. The monoisotopic (exact) mass is 504 g/mol. The summed E-state index contributed by atoms with van der Waals surface area (Å²) < 4.78 is 46.6. The molecule has 0 aliphatic rings. The fourth-order valence-corrected chi connectivity index (χ4v) is 5.00. The Morgan fingerprint density at radius 1 is 0.806 bits per heavy atom. The van der Waals surface area contributed by atoms with Gasteiger partial charge in [0, 0.05) is 5.56 Å². The number of anilines is 1. The zero-order valence-electron chi connectivity index (χ0n) is 19.4. The van der Waals surface area contributed by atoms with Crippen molar-refractivity contribution in [3.63, 3.8) is 0 Å². The van der Waals surface area contributed by atoms with Gasteiger partial charge in [-0.15, -0.1) is 0 Å². The second-order valence-corrected chi connectivity index (χ2v) is 9.78. The molecule has 36 heavy (non-hydrogen) atoms. The third-order valence-corrected chi connectivity index (χ3v) is 7.18. The molecule has 0 spiro atoms. The summed E-state index contributed by atoms with van der Waals surface area (Å²) in [6.07, 6.45) is 0. The predicted octanol–water partition coefficient (Wildman–Crippen LogP) is 5.03. The number of ether oxygens (including phenoxy) is 1. The number of carbonyl (C=O) groups excluding carboxylic acids is 1. The van der Waals surface area contributed by atoms with Crippen LogP contribution in [0.1, 0.15) is 15.9 Å². The first-order valence-corrected chi connectivity index (χ1v) is 12.8. The number of rotatable bonds is 10. The first-order valence-electron chi connectivity index (χ1n) is 11.3. The molecular weight excluding hydrogens is 479 g/mol. The van der Waals surface area contributed by atoms with Crippen molar-refractivity contribution in [2.75, 3.05) is 17.5 Å². The minimum Gasteiger partial charge on any atom is -0.492 e. The van der Waals surface area contributed by atoms with Crippen LogP contribution in [0.25, 0.3) is 0 Å². The van der Waals surface area contributed by atoms with Crippen molar-refractivity contribution in [2.45, 2.75) is 11.4 Å². The molecule has 6 nitrogen and oxygen atoms in total. The van der Waals surface area contributed by atoms with E-state index in [1.165, 1.54) is 28.6 Å². The molecule has 0 radical (unpaired) electrons. The summed E-state index contributed by atoms with van der Waals surface area (Å²) in [5.74, 6) is -0.104. The van der Waals surface area contributed by atoms with Crippen LogP contribution < -0.4 is 14.4 Å². The maximum Gasteiger partial charge on any atom is 0.264 e. The van der Waals surface area contributed by atoms with Gasteiger partial charge < -0.3 is 10.1 Å². The maximum atomic E-state index is 13.4. The van der Waals surface area contributed by atoms with Crippen LogP contribution >= 0.6 is 0 Å². The topological polar surface area (TPSA) is 75.7 Å². The van der Waals surface area contributed by atoms with Crippen LogP contribution in [0, 0.1) is 5.82 Å². The van der Waals surface area contributed by atoms with E-state index in [-0.39, 0.29) is 36.3 Å². The van der Waals surface area contributed by atoms with Gasteiger partial charge in [-0.25, -0.2) is 12.8 Å². The van der Waals surface area contributed by atoms with Gasteiger partial charge in [-0.05, 0) is 66.2 Å². The molecular formula is C28H25FN2O4S. The molecule has 0 aliphatic carbocycles. The third-order valence-electron chi connectivity index (χ3n) is 5.39. The number of halogens is 1. The van der Waals surface area contributed by atoms with Crippen molar-refractivity contribution in [2.24, 2.45) is 0 Å². The summed E-state index contributed by atoms with van der Waals surface area (Å²) in [6, 6.07) is 29.6. The molecule has 4 aromatic rings. The molecule has 0 heterocycles. The van der Waals surface area contributed by atoms with Crippen molar-refractivity contribution >= 4 is 21.6 Å². The van der Waals surface area contributed by atoms with Gasteiger partial charge in [-0.2, -0.15) is 0 Å². The first kappa shape index (κ1) is 24.9. The standard InChI is InChI=1S/C28H25FN2O4S/c29-24-15-17-26(18-16-24)35-20-19-30-28(32)23-13-11-22(12-14-23)21-31(25-7-3-1-4-8-25)36(33,34)27-9-5-2-6-10-27/h1-18H,19-21H2,(H,30,32). The number of sulfonamides is 1. The van der Waals surface area contributed by atoms with E-state index in [4.69, 9.17) is 4.74 Å². The number of nitrogens with zero attached hydrogens (tertiary/aromatic N) is 1. The molecule has 0 saturated heterocycles. The highest BCUT2D eigenvalue weighted by atomic mass is 32.2. The minimum absolute atomic E-state index is 0.106. The Kier molecular flexibility index (Phi) is 7.97. The van der Waals surface area contributed by atoms with Crippen LogP contribution in [0.15, 0.2) is 114 Å². The minimum atomic E-state index is -3.80. The predicted molar refractivity (Wildman–Crippen MR) is 137 cm³/mol. The number of hydrogen-bond acceptors (Lipinski definition) is 4. The van der Waals surface area contributed by atoms with Crippen LogP contribution in [0.4, 0.5) is 10.1 Å². The molecule has 1 amide bonds. The van der Waals surface area contributed by atoms with Gasteiger partial charge in [0.15, 0.2) is 0 Å². The third kappa shape index (κ3) is 6.28.